The lowest BCUT2D eigenvalue weighted by Gasteiger charge is -2.26. The molecule has 0 radical (unpaired) electrons. The van der Waals surface area contributed by atoms with Crippen molar-refractivity contribution >= 4 is 38.5 Å². The average molecular weight is 448 g/mol. The van der Waals surface area contributed by atoms with Crippen molar-refractivity contribution in [1.82, 2.24) is 24.6 Å². The molecule has 0 unspecified atom stereocenters. The monoisotopic (exact) mass is 447 g/mol. The first kappa shape index (κ1) is 20.6. The third kappa shape index (κ3) is 4.12. The van der Waals surface area contributed by atoms with Gasteiger partial charge in [-0.25, -0.2) is 18.1 Å². The van der Waals surface area contributed by atoms with Gasteiger partial charge in [0.15, 0.2) is 20.6 Å². The quantitative estimate of drug-likeness (QED) is 0.446. The van der Waals surface area contributed by atoms with Crippen molar-refractivity contribution in [2.75, 3.05) is 23.8 Å². The Hall–Kier alpha value is -2.66. The van der Waals surface area contributed by atoms with Gasteiger partial charge in [0.2, 0.25) is 5.91 Å². The summed E-state index contributed by atoms with van der Waals surface area (Å²) in [5, 5.41) is 4.94. The fraction of sp³-hybridized carbons (Fsp3) is 0.368. The molecule has 1 N–H and O–H groups in total. The molecule has 3 aromatic rings. The van der Waals surface area contributed by atoms with Gasteiger partial charge < -0.3 is 9.88 Å². The molecule has 2 aromatic heterocycles. The van der Waals surface area contributed by atoms with E-state index in [9.17, 15) is 18.0 Å². The van der Waals surface area contributed by atoms with E-state index in [0.717, 1.165) is 17.4 Å². The molecular formula is C19H21N5O4S2. The predicted octanol–water partition coefficient (Wildman–Crippen LogP) is 1.24. The first-order chi connectivity index (χ1) is 14.4. The predicted molar refractivity (Wildman–Crippen MR) is 115 cm³/mol. The molecule has 0 spiro atoms. The van der Waals surface area contributed by atoms with E-state index in [0.29, 0.717) is 29.2 Å². The zero-order valence-electron chi connectivity index (χ0n) is 16.3. The van der Waals surface area contributed by atoms with Crippen molar-refractivity contribution in [1.29, 1.82) is 0 Å². The Balaban J connectivity index is 1.54. The van der Waals surface area contributed by atoms with Crippen LogP contribution in [0.25, 0.3) is 16.7 Å². The van der Waals surface area contributed by atoms with E-state index in [4.69, 9.17) is 0 Å². The molecule has 0 bridgehead atoms. The fourth-order valence-corrected chi connectivity index (χ4v) is 6.07. The molecule has 1 aliphatic heterocycles. The maximum atomic E-state index is 12.7. The van der Waals surface area contributed by atoms with Gasteiger partial charge >= 0.3 is 0 Å². The number of thioether (sulfide) groups is 1. The number of aromatic amines is 1. The van der Waals surface area contributed by atoms with Gasteiger partial charge in [0.05, 0.1) is 29.1 Å². The number of carbonyl (C=O) groups is 1. The Morgan fingerprint density at radius 1 is 1.33 bits per heavy atom. The van der Waals surface area contributed by atoms with Crippen molar-refractivity contribution in [3.63, 3.8) is 0 Å². The molecule has 9 nitrogen and oxygen atoms in total. The molecule has 1 aliphatic rings. The summed E-state index contributed by atoms with van der Waals surface area (Å²) in [4.78, 5) is 33.9. The zero-order chi connectivity index (χ0) is 21.3. The number of rotatable bonds is 6. The Labute approximate surface area is 177 Å². The molecule has 3 heterocycles. The van der Waals surface area contributed by atoms with Gasteiger partial charge in [-0.1, -0.05) is 30.0 Å². The Kier molecular flexibility index (Phi) is 5.65. The van der Waals surface area contributed by atoms with Gasteiger partial charge in [0, 0.05) is 12.6 Å². The highest BCUT2D eigenvalue weighted by molar-refractivity contribution is 7.99. The summed E-state index contributed by atoms with van der Waals surface area (Å²) < 4.78 is 25.1. The molecule has 11 heteroatoms. The molecule has 1 atom stereocenters. The molecule has 30 heavy (non-hydrogen) atoms. The standard InChI is InChI=1S/C19H21N5O4S2/c1-2-23(14-8-9-30(27,28)12-14)16(25)11-29-19-21-17-15(18(26)22-19)10-20-24(17)13-6-4-3-5-7-13/h3-7,10,14H,2,8-9,11-12H2,1H3,(H,21,22,26)/t14-/m0/s1. The lowest BCUT2D eigenvalue weighted by Crippen LogP contribution is -2.42. The van der Waals surface area contributed by atoms with E-state index in [1.807, 2.05) is 37.3 Å². The number of sulfone groups is 1. The number of amides is 1. The Morgan fingerprint density at radius 2 is 2.10 bits per heavy atom. The second kappa shape index (κ2) is 8.23. The van der Waals surface area contributed by atoms with Crippen LogP contribution in [0.1, 0.15) is 13.3 Å². The number of H-pyrrole nitrogens is 1. The van der Waals surface area contributed by atoms with Crippen LogP contribution in [0.3, 0.4) is 0 Å². The zero-order valence-corrected chi connectivity index (χ0v) is 17.9. The molecule has 4 rings (SSSR count). The number of carbonyl (C=O) groups excluding carboxylic acids is 1. The molecular weight excluding hydrogens is 426 g/mol. The van der Waals surface area contributed by atoms with Gasteiger partial charge in [-0.2, -0.15) is 5.10 Å². The van der Waals surface area contributed by atoms with Crippen LogP contribution >= 0.6 is 11.8 Å². The number of aromatic nitrogens is 4. The van der Waals surface area contributed by atoms with Gasteiger partial charge in [0.25, 0.3) is 5.56 Å². The maximum Gasteiger partial charge on any atom is 0.262 e. The summed E-state index contributed by atoms with van der Waals surface area (Å²) >= 11 is 1.12. The summed E-state index contributed by atoms with van der Waals surface area (Å²) in [6.07, 6.45) is 1.93. The first-order valence-electron chi connectivity index (χ1n) is 9.54. The van der Waals surface area contributed by atoms with Crippen molar-refractivity contribution < 1.29 is 13.2 Å². The number of hydrogen-bond donors (Lipinski definition) is 1. The summed E-state index contributed by atoms with van der Waals surface area (Å²) in [6.45, 7) is 2.27. The second-order valence-corrected chi connectivity index (χ2v) is 10.2. The summed E-state index contributed by atoms with van der Waals surface area (Å²) in [5.74, 6) is 0.000116. The van der Waals surface area contributed by atoms with Crippen LogP contribution in [-0.2, 0) is 14.6 Å². The van der Waals surface area contributed by atoms with Crippen molar-refractivity contribution in [2.45, 2.75) is 24.5 Å². The molecule has 0 saturated carbocycles. The van der Waals surface area contributed by atoms with Crippen LogP contribution in [-0.4, -0.2) is 68.8 Å². The van der Waals surface area contributed by atoms with Crippen LogP contribution in [0.5, 0.6) is 0 Å². The fourth-order valence-electron chi connectivity index (χ4n) is 3.60. The molecule has 0 aliphatic carbocycles. The minimum Gasteiger partial charge on any atom is -0.338 e. The number of fused-ring (bicyclic) bond motifs is 1. The van der Waals surface area contributed by atoms with Crippen LogP contribution in [0.4, 0.5) is 0 Å². The van der Waals surface area contributed by atoms with E-state index in [2.05, 4.69) is 15.1 Å². The number of hydrogen-bond acceptors (Lipinski definition) is 7. The summed E-state index contributed by atoms with van der Waals surface area (Å²) in [6, 6.07) is 9.06. The van der Waals surface area contributed by atoms with Crippen LogP contribution in [0, 0.1) is 0 Å². The van der Waals surface area contributed by atoms with Crippen molar-refractivity contribution in [2.24, 2.45) is 0 Å². The Bertz CT molecular complexity index is 1240. The third-order valence-corrected chi connectivity index (χ3v) is 7.67. The topological polar surface area (TPSA) is 118 Å². The van der Waals surface area contributed by atoms with Crippen LogP contribution in [0.2, 0.25) is 0 Å². The minimum absolute atomic E-state index is 0.00848. The molecule has 1 amide bonds. The Morgan fingerprint density at radius 3 is 2.77 bits per heavy atom. The molecule has 158 valence electrons. The lowest BCUT2D eigenvalue weighted by molar-refractivity contribution is -0.129. The highest BCUT2D eigenvalue weighted by Crippen LogP contribution is 2.21. The average Bonchev–Trinajstić information content (AvgIpc) is 3.31. The van der Waals surface area contributed by atoms with Gasteiger partial charge in [-0.15, -0.1) is 0 Å². The van der Waals surface area contributed by atoms with E-state index < -0.39 is 9.84 Å². The minimum atomic E-state index is -3.08. The van der Waals surface area contributed by atoms with Gasteiger partial charge in [-0.05, 0) is 25.5 Å². The number of nitrogens with one attached hydrogen (secondary N) is 1. The molecule has 1 aromatic carbocycles. The number of para-hydroxylation sites is 1. The molecule has 1 fully saturated rings. The van der Waals surface area contributed by atoms with Crippen molar-refractivity contribution in [3.8, 4) is 5.69 Å². The smallest absolute Gasteiger partial charge is 0.262 e. The maximum absolute atomic E-state index is 12.7. The van der Waals surface area contributed by atoms with E-state index >= 15 is 0 Å². The lowest BCUT2D eigenvalue weighted by atomic mass is 10.2. The van der Waals surface area contributed by atoms with E-state index in [-0.39, 0.29) is 34.8 Å². The summed E-state index contributed by atoms with van der Waals surface area (Å²) in [5.41, 5.74) is 0.859. The SMILES string of the molecule is CCN(C(=O)CSc1nc2c(cnn2-c2ccccc2)c(=O)[nH]1)[C@H]1CCS(=O)(=O)C1. The second-order valence-electron chi connectivity index (χ2n) is 7.03. The van der Waals surface area contributed by atoms with Gasteiger partial charge in [-0.3, -0.25) is 9.59 Å². The van der Waals surface area contributed by atoms with Crippen LogP contribution < -0.4 is 5.56 Å². The van der Waals surface area contributed by atoms with E-state index in [1.165, 1.54) is 6.20 Å². The van der Waals surface area contributed by atoms with Crippen molar-refractivity contribution in [3.05, 3.63) is 46.9 Å². The largest absolute Gasteiger partial charge is 0.338 e. The highest BCUT2D eigenvalue weighted by Gasteiger charge is 2.33. The third-order valence-electron chi connectivity index (χ3n) is 5.06. The number of benzene rings is 1. The normalized spacial score (nSPS) is 18.0. The van der Waals surface area contributed by atoms with E-state index in [1.54, 1.807) is 9.58 Å². The molecule has 1 saturated heterocycles. The summed E-state index contributed by atoms with van der Waals surface area (Å²) in [7, 11) is -3.08. The highest BCUT2D eigenvalue weighted by atomic mass is 32.2. The van der Waals surface area contributed by atoms with Crippen LogP contribution in [0.15, 0.2) is 46.5 Å². The van der Waals surface area contributed by atoms with Gasteiger partial charge in [0.1, 0.15) is 5.39 Å². The first-order valence-corrected chi connectivity index (χ1v) is 12.3. The number of nitrogens with zero attached hydrogens (tertiary/aromatic N) is 4.